The Kier molecular flexibility index (Phi) is 6.98. The number of benzene rings is 2. The summed E-state index contributed by atoms with van der Waals surface area (Å²) in [6.07, 6.45) is 0.837. The molecule has 0 aliphatic carbocycles. The fourth-order valence-corrected chi connectivity index (χ4v) is 4.99. The van der Waals surface area contributed by atoms with Crippen LogP contribution in [0.25, 0.3) is 11.0 Å². The van der Waals surface area contributed by atoms with Crippen LogP contribution in [-0.2, 0) is 4.74 Å². The highest BCUT2D eigenvalue weighted by atomic mass is 16.5. The van der Waals surface area contributed by atoms with Crippen molar-refractivity contribution in [2.75, 3.05) is 46.5 Å². The Morgan fingerprint density at radius 3 is 2.42 bits per heavy atom. The third-order valence-corrected chi connectivity index (χ3v) is 6.72. The third kappa shape index (κ3) is 4.70. The van der Waals surface area contributed by atoms with Crippen molar-refractivity contribution in [3.63, 3.8) is 0 Å². The molecular weight excluding hydrogens is 460 g/mol. The maximum Gasteiger partial charge on any atom is 0.290 e. The van der Waals surface area contributed by atoms with Gasteiger partial charge in [0.1, 0.15) is 17.1 Å². The SMILES string of the molecule is COc1ccc2c(=O)c3c(oc2c1)C(=O)N(CCCN1CCOCC1)[C@H]3c1ccc(OC(C)C)cc1. The monoisotopic (exact) mass is 492 g/mol. The molecule has 8 nitrogen and oxygen atoms in total. The van der Waals surface area contributed by atoms with Crippen LogP contribution in [0.4, 0.5) is 0 Å². The van der Waals surface area contributed by atoms with E-state index in [0.29, 0.717) is 28.8 Å². The molecule has 1 fully saturated rings. The quantitative estimate of drug-likeness (QED) is 0.472. The Bertz CT molecular complexity index is 1290. The smallest absolute Gasteiger partial charge is 0.290 e. The molecule has 0 radical (unpaired) electrons. The summed E-state index contributed by atoms with van der Waals surface area (Å²) in [5.41, 5.74) is 1.40. The zero-order chi connectivity index (χ0) is 25.2. The zero-order valence-electron chi connectivity index (χ0n) is 21.0. The van der Waals surface area contributed by atoms with E-state index in [1.54, 1.807) is 30.2 Å². The summed E-state index contributed by atoms with van der Waals surface area (Å²) in [6, 6.07) is 12.2. The van der Waals surface area contributed by atoms with E-state index in [0.717, 1.165) is 50.6 Å². The number of rotatable bonds is 8. The average molecular weight is 493 g/mol. The normalized spacial score (nSPS) is 18.2. The van der Waals surface area contributed by atoms with Crippen molar-refractivity contribution in [1.82, 2.24) is 9.80 Å². The molecule has 5 rings (SSSR count). The van der Waals surface area contributed by atoms with Gasteiger partial charge in [0.05, 0.1) is 43.4 Å². The Hall–Kier alpha value is -3.36. The van der Waals surface area contributed by atoms with Crippen LogP contribution in [0.1, 0.15) is 48.0 Å². The highest BCUT2D eigenvalue weighted by Gasteiger charge is 2.42. The van der Waals surface area contributed by atoms with E-state index in [1.165, 1.54) is 0 Å². The predicted octanol–water partition coefficient (Wildman–Crippen LogP) is 3.86. The molecule has 0 N–H and O–H groups in total. The molecule has 0 unspecified atom stereocenters. The molecule has 36 heavy (non-hydrogen) atoms. The second-order valence-corrected chi connectivity index (χ2v) is 9.48. The van der Waals surface area contributed by atoms with Crippen LogP contribution in [0.2, 0.25) is 0 Å². The number of amides is 1. The van der Waals surface area contributed by atoms with E-state index in [1.807, 2.05) is 38.1 Å². The average Bonchev–Trinajstić information content (AvgIpc) is 3.16. The molecule has 8 heteroatoms. The predicted molar refractivity (Wildman–Crippen MR) is 136 cm³/mol. The van der Waals surface area contributed by atoms with E-state index in [-0.39, 0.29) is 23.2 Å². The Morgan fingerprint density at radius 2 is 1.72 bits per heavy atom. The molecule has 1 atom stereocenters. The maximum absolute atomic E-state index is 13.7. The van der Waals surface area contributed by atoms with Crippen LogP contribution in [-0.4, -0.2) is 68.3 Å². The lowest BCUT2D eigenvalue weighted by Gasteiger charge is -2.29. The number of carbonyl (C=O) groups is 1. The van der Waals surface area contributed by atoms with Crippen LogP contribution in [0.3, 0.4) is 0 Å². The summed E-state index contributed by atoms with van der Waals surface area (Å²) in [6.45, 7) is 8.56. The van der Waals surface area contributed by atoms with Gasteiger partial charge in [0, 0.05) is 32.2 Å². The lowest BCUT2D eigenvalue weighted by atomic mass is 9.98. The topological polar surface area (TPSA) is 81.5 Å². The molecule has 2 aliphatic rings. The van der Waals surface area contributed by atoms with Crippen molar-refractivity contribution in [3.05, 3.63) is 69.6 Å². The van der Waals surface area contributed by atoms with Crippen molar-refractivity contribution in [2.24, 2.45) is 0 Å². The largest absolute Gasteiger partial charge is 0.497 e. The van der Waals surface area contributed by atoms with E-state index < -0.39 is 6.04 Å². The zero-order valence-corrected chi connectivity index (χ0v) is 21.0. The minimum Gasteiger partial charge on any atom is -0.497 e. The first-order valence-electron chi connectivity index (χ1n) is 12.5. The maximum atomic E-state index is 13.7. The third-order valence-electron chi connectivity index (χ3n) is 6.72. The van der Waals surface area contributed by atoms with Crippen molar-refractivity contribution in [3.8, 4) is 11.5 Å². The van der Waals surface area contributed by atoms with E-state index in [2.05, 4.69) is 4.90 Å². The van der Waals surface area contributed by atoms with Gasteiger partial charge in [-0.3, -0.25) is 14.5 Å². The molecule has 0 saturated carbocycles. The number of methoxy groups -OCH3 is 1. The number of morpholine rings is 1. The van der Waals surface area contributed by atoms with E-state index >= 15 is 0 Å². The van der Waals surface area contributed by atoms with Crippen LogP contribution >= 0.6 is 0 Å². The summed E-state index contributed by atoms with van der Waals surface area (Å²) in [4.78, 5) is 31.4. The first-order valence-corrected chi connectivity index (χ1v) is 12.5. The van der Waals surface area contributed by atoms with Crippen molar-refractivity contribution < 1.29 is 23.4 Å². The number of fused-ring (bicyclic) bond motifs is 2. The van der Waals surface area contributed by atoms with Gasteiger partial charge in [0.2, 0.25) is 5.76 Å². The summed E-state index contributed by atoms with van der Waals surface area (Å²) < 4.78 is 22.6. The molecular formula is C28H32N2O6. The van der Waals surface area contributed by atoms with Gasteiger partial charge in [0.25, 0.3) is 5.91 Å². The van der Waals surface area contributed by atoms with Gasteiger partial charge in [-0.15, -0.1) is 0 Å². The molecule has 190 valence electrons. The first-order chi connectivity index (χ1) is 17.5. The Morgan fingerprint density at radius 1 is 1.00 bits per heavy atom. The van der Waals surface area contributed by atoms with E-state index in [4.69, 9.17) is 18.6 Å². The summed E-state index contributed by atoms with van der Waals surface area (Å²) in [5.74, 6) is 1.16. The molecule has 1 saturated heterocycles. The number of nitrogens with zero attached hydrogens (tertiary/aromatic N) is 2. The lowest BCUT2D eigenvalue weighted by Crippen LogP contribution is -2.38. The van der Waals surface area contributed by atoms with Gasteiger partial charge in [-0.1, -0.05) is 12.1 Å². The van der Waals surface area contributed by atoms with Crippen LogP contribution in [0, 0.1) is 0 Å². The number of hydrogen-bond donors (Lipinski definition) is 0. The molecule has 2 aliphatic heterocycles. The van der Waals surface area contributed by atoms with E-state index in [9.17, 15) is 9.59 Å². The van der Waals surface area contributed by atoms with Gasteiger partial charge in [-0.05, 0) is 50.1 Å². The molecule has 0 bridgehead atoms. The lowest BCUT2D eigenvalue weighted by molar-refractivity contribution is 0.0353. The second-order valence-electron chi connectivity index (χ2n) is 9.48. The first kappa shape index (κ1) is 24.3. The van der Waals surface area contributed by atoms with Gasteiger partial charge in [-0.25, -0.2) is 0 Å². The highest BCUT2D eigenvalue weighted by molar-refractivity contribution is 5.99. The molecule has 2 aromatic carbocycles. The number of ether oxygens (including phenoxy) is 3. The standard InChI is InChI=1S/C28H32N2O6/c1-18(2)35-20-7-5-19(6-8-20)25-24-26(31)22-10-9-21(33-3)17-23(22)36-27(24)28(32)30(25)12-4-11-29-13-15-34-16-14-29/h5-10,17-18,25H,4,11-16H2,1-3H3/t25-/m0/s1. The van der Waals surface area contributed by atoms with Gasteiger partial charge < -0.3 is 23.5 Å². The molecule has 3 aromatic rings. The minimum absolute atomic E-state index is 0.0525. The number of hydrogen-bond acceptors (Lipinski definition) is 7. The Balaban J connectivity index is 1.52. The fourth-order valence-electron chi connectivity index (χ4n) is 4.99. The van der Waals surface area contributed by atoms with Gasteiger partial charge >= 0.3 is 0 Å². The van der Waals surface area contributed by atoms with Crippen molar-refractivity contribution >= 4 is 16.9 Å². The molecule has 0 spiro atoms. The molecule has 1 amide bonds. The van der Waals surface area contributed by atoms with Gasteiger partial charge in [-0.2, -0.15) is 0 Å². The highest BCUT2D eigenvalue weighted by Crippen LogP contribution is 2.39. The number of carbonyl (C=O) groups excluding carboxylic acids is 1. The second kappa shape index (κ2) is 10.3. The summed E-state index contributed by atoms with van der Waals surface area (Å²) in [7, 11) is 1.55. The summed E-state index contributed by atoms with van der Waals surface area (Å²) >= 11 is 0. The van der Waals surface area contributed by atoms with Gasteiger partial charge in [0.15, 0.2) is 5.43 Å². The van der Waals surface area contributed by atoms with Crippen LogP contribution in [0.5, 0.6) is 11.5 Å². The molecule has 1 aromatic heterocycles. The van der Waals surface area contributed by atoms with Crippen LogP contribution < -0.4 is 14.9 Å². The molecule has 3 heterocycles. The van der Waals surface area contributed by atoms with Crippen molar-refractivity contribution in [1.29, 1.82) is 0 Å². The van der Waals surface area contributed by atoms with Crippen molar-refractivity contribution in [2.45, 2.75) is 32.4 Å². The fraction of sp³-hybridized carbons (Fsp3) is 0.429. The minimum atomic E-state index is -0.520. The Labute approximate surface area is 210 Å². The van der Waals surface area contributed by atoms with Crippen LogP contribution in [0.15, 0.2) is 51.7 Å². The summed E-state index contributed by atoms with van der Waals surface area (Å²) in [5, 5.41) is 0.433.